The number of nitrogens with zero attached hydrogens (tertiary/aromatic N) is 4. The zero-order valence-electron chi connectivity index (χ0n) is 14.2. The molecule has 0 radical (unpaired) electrons. The first-order chi connectivity index (χ1) is 12.2. The molecule has 1 unspecified atom stereocenters. The van der Waals surface area contributed by atoms with E-state index in [0.29, 0.717) is 16.5 Å². The number of methoxy groups -OCH3 is 2. The lowest BCUT2D eigenvalue weighted by Crippen LogP contribution is -2.26. The Morgan fingerprint density at radius 3 is 2.68 bits per heavy atom. The van der Waals surface area contributed by atoms with Crippen molar-refractivity contribution in [1.82, 2.24) is 19.5 Å². The number of aromatic nitrogens is 3. The van der Waals surface area contributed by atoms with Crippen LogP contribution < -0.4 is 9.47 Å². The molecule has 25 heavy (non-hydrogen) atoms. The lowest BCUT2D eigenvalue weighted by atomic mass is 10.0. The molecule has 2 aromatic heterocycles. The SMILES string of the molecule is COc1cccc(C(c2sc3ncnn3c2O)N2CCCC2)c1OC. The van der Waals surface area contributed by atoms with Crippen molar-refractivity contribution in [3.8, 4) is 17.4 Å². The standard InChI is InChI=1S/C17H20N4O3S/c1-23-12-7-5-6-11(14(12)24-2)13(20-8-3-4-9-20)15-16(22)21-17(25-15)18-10-19-21/h5-7,10,13,22H,3-4,8-9H2,1-2H3. The van der Waals surface area contributed by atoms with Gasteiger partial charge in [0, 0.05) is 5.56 Å². The first kappa shape index (κ1) is 16.2. The topological polar surface area (TPSA) is 72.1 Å². The number of hydrogen-bond acceptors (Lipinski definition) is 7. The summed E-state index contributed by atoms with van der Waals surface area (Å²) in [6, 6.07) is 5.74. The molecule has 1 atom stereocenters. The number of thiazole rings is 1. The third kappa shape index (κ3) is 2.61. The maximum atomic E-state index is 10.7. The molecule has 1 saturated heterocycles. The van der Waals surface area contributed by atoms with Crippen LogP contribution in [0.15, 0.2) is 24.5 Å². The Morgan fingerprint density at radius 1 is 1.20 bits per heavy atom. The molecule has 1 N–H and O–H groups in total. The van der Waals surface area contributed by atoms with Crippen molar-refractivity contribution in [2.75, 3.05) is 27.3 Å². The minimum absolute atomic E-state index is 0.124. The van der Waals surface area contributed by atoms with E-state index >= 15 is 0 Å². The van der Waals surface area contributed by atoms with Gasteiger partial charge < -0.3 is 14.6 Å². The summed E-state index contributed by atoms with van der Waals surface area (Å²) in [4.78, 5) is 8.08. The predicted molar refractivity (Wildman–Crippen MR) is 94.7 cm³/mol. The maximum absolute atomic E-state index is 10.7. The van der Waals surface area contributed by atoms with Crippen molar-refractivity contribution in [2.24, 2.45) is 0 Å². The number of aromatic hydroxyl groups is 1. The van der Waals surface area contributed by atoms with E-state index in [2.05, 4.69) is 15.0 Å². The van der Waals surface area contributed by atoms with E-state index in [4.69, 9.17) is 9.47 Å². The summed E-state index contributed by atoms with van der Waals surface area (Å²) in [5, 5.41) is 14.8. The average molecular weight is 360 g/mol. The van der Waals surface area contributed by atoms with Crippen molar-refractivity contribution >= 4 is 16.3 Å². The van der Waals surface area contributed by atoms with Crippen LogP contribution >= 0.6 is 11.3 Å². The minimum Gasteiger partial charge on any atom is -0.493 e. The highest BCUT2D eigenvalue weighted by atomic mass is 32.1. The third-order valence-corrected chi connectivity index (χ3v) is 5.71. The summed E-state index contributed by atoms with van der Waals surface area (Å²) in [6.07, 6.45) is 3.74. The van der Waals surface area contributed by atoms with Crippen LogP contribution in [0.5, 0.6) is 17.4 Å². The Kier molecular flexibility index (Phi) is 4.22. The molecule has 1 aliphatic heterocycles. The fourth-order valence-corrected chi connectivity index (χ4v) is 4.59. The zero-order chi connectivity index (χ0) is 17.4. The second-order valence-corrected chi connectivity index (χ2v) is 6.98. The van der Waals surface area contributed by atoms with Crippen LogP contribution in [0, 0.1) is 0 Å². The van der Waals surface area contributed by atoms with E-state index in [1.54, 1.807) is 14.2 Å². The van der Waals surface area contributed by atoms with Crippen LogP contribution in [0.25, 0.3) is 4.96 Å². The molecule has 1 fully saturated rings. The highest BCUT2D eigenvalue weighted by molar-refractivity contribution is 7.17. The van der Waals surface area contributed by atoms with Crippen molar-refractivity contribution < 1.29 is 14.6 Å². The fourth-order valence-electron chi connectivity index (χ4n) is 3.50. The summed E-state index contributed by atoms with van der Waals surface area (Å²) in [5.74, 6) is 1.52. The molecule has 4 rings (SSSR count). The number of rotatable bonds is 5. The van der Waals surface area contributed by atoms with Crippen molar-refractivity contribution in [3.63, 3.8) is 0 Å². The van der Waals surface area contributed by atoms with Crippen LogP contribution in [-0.2, 0) is 0 Å². The van der Waals surface area contributed by atoms with Gasteiger partial charge in [-0.2, -0.15) is 9.61 Å². The van der Waals surface area contributed by atoms with Crippen LogP contribution in [-0.4, -0.2) is 51.9 Å². The Hall–Kier alpha value is -2.32. The smallest absolute Gasteiger partial charge is 0.230 e. The van der Waals surface area contributed by atoms with E-state index in [1.807, 2.05) is 18.2 Å². The van der Waals surface area contributed by atoms with Crippen molar-refractivity contribution in [1.29, 1.82) is 0 Å². The zero-order valence-corrected chi connectivity index (χ0v) is 15.0. The molecular weight excluding hydrogens is 340 g/mol. The van der Waals surface area contributed by atoms with Gasteiger partial charge in [0.2, 0.25) is 10.8 Å². The summed E-state index contributed by atoms with van der Waals surface area (Å²) in [6.45, 7) is 1.94. The van der Waals surface area contributed by atoms with Crippen molar-refractivity contribution in [2.45, 2.75) is 18.9 Å². The second-order valence-electron chi connectivity index (χ2n) is 5.97. The number of benzene rings is 1. The summed E-state index contributed by atoms with van der Waals surface area (Å²) >= 11 is 1.45. The average Bonchev–Trinajstić information content (AvgIpc) is 3.36. The monoisotopic (exact) mass is 360 g/mol. The minimum atomic E-state index is -0.124. The first-order valence-corrected chi connectivity index (χ1v) is 9.02. The number of likely N-dealkylation sites (tertiary alicyclic amines) is 1. The Bertz CT molecular complexity index is 885. The summed E-state index contributed by atoms with van der Waals surface area (Å²) in [7, 11) is 3.28. The Labute approximate surface area is 149 Å². The largest absolute Gasteiger partial charge is 0.493 e. The normalized spacial score (nSPS) is 16.4. The van der Waals surface area contributed by atoms with Gasteiger partial charge in [-0.15, -0.1) is 0 Å². The van der Waals surface area contributed by atoms with Crippen molar-refractivity contribution in [3.05, 3.63) is 35.0 Å². The van der Waals surface area contributed by atoms with E-state index in [9.17, 15) is 5.11 Å². The second kappa shape index (κ2) is 6.53. The summed E-state index contributed by atoms with van der Waals surface area (Å²) in [5.41, 5.74) is 0.976. The van der Waals surface area contributed by atoms with Gasteiger partial charge in [-0.05, 0) is 32.0 Å². The third-order valence-electron chi connectivity index (χ3n) is 4.62. The van der Waals surface area contributed by atoms with Gasteiger partial charge in [-0.25, -0.2) is 4.98 Å². The number of para-hydroxylation sites is 1. The number of ether oxygens (including phenoxy) is 2. The molecular formula is C17H20N4O3S. The molecule has 8 heteroatoms. The fraction of sp³-hybridized carbons (Fsp3) is 0.412. The molecule has 0 bridgehead atoms. The molecule has 1 aliphatic rings. The maximum Gasteiger partial charge on any atom is 0.230 e. The molecule has 3 heterocycles. The quantitative estimate of drug-likeness (QED) is 0.754. The van der Waals surface area contributed by atoms with E-state index < -0.39 is 0 Å². The van der Waals surface area contributed by atoms with Crippen LogP contribution in [0.4, 0.5) is 0 Å². The van der Waals surface area contributed by atoms with Crippen LogP contribution in [0.2, 0.25) is 0 Å². The summed E-state index contributed by atoms with van der Waals surface area (Å²) < 4.78 is 12.6. The highest BCUT2D eigenvalue weighted by Crippen LogP contribution is 2.45. The van der Waals surface area contributed by atoms with E-state index in [1.165, 1.54) is 22.2 Å². The Balaban J connectivity index is 1.90. The number of fused-ring (bicyclic) bond motifs is 1. The Morgan fingerprint density at radius 2 is 2.00 bits per heavy atom. The van der Waals surface area contributed by atoms with Gasteiger partial charge in [0.05, 0.1) is 25.1 Å². The van der Waals surface area contributed by atoms with Gasteiger partial charge in [-0.3, -0.25) is 4.90 Å². The first-order valence-electron chi connectivity index (χ1n) is 8.21. The molecule has 3 aromatic rings. The van der Waals surface area contributed by atoms with E-state index in [0.717, 1.165) is 36.4 Å². The van der Waals surface area contributed by atoms with Gasteiger partial charge in [0.1, 0.15) is 6.33 Å². The number of hydrogen-bond donors (Lipinski definition) is 1. The van der Waals surface area contributed by atoms with Gasteiger partial charge in [-0.1, -0.05) is 23.5 Å². The lowest BCUT2D eigenvalue weighted by Gasteiger charge is -2.28. The molecule has 0 saturated carbocycles. The molecule has 0 aliphatic carbocycles. The highest BCUT2D eigenvalue weighted by Gasteiger charge is 2.33. The van der Waals surface area contributed by atoms with Gasteiger partial charge in [0.25, 0.3) is 0 Å². The molecule has 1 aromatic carbocycles. The molecule has 132 valence electrons. The van der Waals surface area contributed by atoms with Gasteiger partial charge in [0.15, 0.2) is 11.5 Å². The predicted octanol–water partition coefficient (Wildman–Crippen LogP) is 2.70. The molecule has 7 nitrogen and oxygen atoms in total. The molecule has 0 spiro atoms. The van der Waals surface area contributed by atoms with Crippen LogP contribution in [0.1, 0.15) is 29.3 Å². The van der Waals surface area contributed by atoms with Gasteiger partial charge >= 0.3 is 0 Å². The van der Waals surface area contributed by atoms with E-state index in [-0.39, 0.29) is 11.9 Å². The van der Waals surface area contributed by atoms with Crippen LogP contribution in [0.3, 0.4) is 0 Å². The lowest BCUT2D eigenvalue weighted by molar-refractivity contribution is 0.267. The molecule has 0 amide bonds.